The number of hydrogen-bond acceptors (Lipinski definition) is 3. The van der Waals surface area contributed by atoms with Crippen molar-refractivity contribution in [3.8, 4) is 0 Å². The van der Waals surface area contributed by atoms with Gasteiger partial charge in [0.15, 0.2) is 0 Å². The first-order valence-corrected chi connectivity index (χ1v) is 7.50. The lowest BCUT2D eigenvalue weighted by atomic mass is 9.75. The summed E-state index contributed by atoms with van der Waals surface area (Å²) in [5.74, 6) is -0.931. The van der Waals surface area contributed by atoms with E-state index in [-0.39, 0.29) is 5.91 Å². The number of carboxylic acids is 1. The monoisotopic (exact) mass is 310 g/mol. The van der Waals surface area contributed by atoms with Gasteiger partial charge in [0, 0.05) is 25.5 Å². The molecule has 1 saturated heterocycles. The fourth-order valence-electron chi connectivity index (χ4n) is 2.89. The van der Waals surface area contributed by atoms with Crippen LogP contribution in [0.5, 0.6) is 0 Å². The van der Waals surface area contributed by atoms with E-state index in [4.69, 9.17) is 11.6 Å². The predicted octanol–water partition coefficient (Wildman–Crippen LogP) is 2.84. The van der Waals surface area contributed by atoms with Gasteiger partial charge in [0.05, 0.1) is 16.0 Å². The van der Waals surface area contributed by atoms with E-state index in [9.17, 15) is 14.7 Å². The van der Waals surface area contributed by atoms with Gasteiger partial charge in [-0.1, -0.05) is 24.9 Å². The van der Waals surface area contributed by atoms with E-state index in [0.717, 1.165) is 6.42 Å². The lowest BCUT2D eigenvalue weighted by molar-refractivity contribution is -0.152. The van der Waals surface area contributed by atoms with E-state index in [1.54, 1.807) is 11.0 Å². The van der Waals surface area contributed by atoms with E-state index >= 15 is 0 Å². The van der Waals surface area contributed by atoms with Crippen LogP contribution in [0.15, 0.2) is 18.5 Å². The van der Waals surface area contributed by atoms with E-state index in [2.05, 4.69) is 4.98 Å². The Morgan fingerprint density at radius 2 is 2.10 bits per heavy atom. The normalized spacial score (nSPS) is 17.5. The van der Waals surface area contributed by atoms with Crippen LogP contribution in [0.3, 0.4) is 0 Å². The molecule has 2 heterocycles. The second-order valence-electron chi connectivity index (χ2n) is 5.48. The van der Waals surface area contributed by atoms with Crippen molar-refractivity contribution in [3.63, 3.8) is 0 Å². The fourth-order valence-corrected chi connectivity index (χ4v) is 3.08. The number of amides is 1. The molecule has 1 aromatic rings. The number of pyridine rings is 1. The fraction of sp³-hybridized carbons (Fsp3) is 0.533. The third kappa shape index (κ3) is 3.18. The summed E-state index contributed by atoms with van der Waals surface area (Å²) in [4.78, 5) is 29.5. The van der Waals surface area contributed by atoms with Crippen molar-refractivity contribution >= 4 is 23.5 Å². The molecule has 21 heavy (non-hydrogen) atoms. The Kier molecular flexibility index (Phi) is 4.83. The molecule has 1 aromatic heterocycles. The summed E-state index contributed by atoms with van der Waals surface area (Å²) in [6.45, 7) is 2.87. The third-order valence-electron chi connectivity index (χ3n) is 4.19. The average Bonchev–Trinajstić information content (AvgIpc) is 2.48. The number of rotatable bonds is 4. The van der Waals surface area contributed by atoms with Crippen LogP contribution in [0.2, 0.25) is 5.02 Å². The highest BCUT2D eigenvalue weighted by atomic mass is 35.5. The van der Waals surface area contributed by atoms with Gasteiger partial charge in [-0.25, -0.2) is 0 Å². The number of carbonyl (C=O) groups excluding carboxylic acids is 1. The summed E-state index contributed by atoms with van der Waals surface area (Å²) in [6.07, 6.45) is 5.44. The molecule has 0 unspecified atom stereocenters. The minimum atomic E-state index is -0.754. The third-order valence-corrected chi connectivity index (χ3v) is 4.52. The van der Waals surface area contributed by atoms with Crippen molar-refractivity contribution in [3.05, 3.63) is 29.0 Å². The van der Waals surface area contributed by atoms with Crippen LogP contribution in [0, 0.1) is 5.41 Å². The number of likely N-dealkylation sites (tertiary alicyclic amines) is 1. The van der Waals surface area contributed by atoms with Crippen molar-refractivity contribution in [2.24, 2.45) is 5.41 Å². The van der Waals surface area contributed by atoms with E-state index in [1.165, 1.54) is 12.4 Å². The molecule has 0 bridgehead atoms. The van der Waals surface area contributed by atoms with Gasteiger partial charge in [0.1, 0.15) is 0 Å². The van der Waals surface area contributed by atoms with Crippen LogP contribution in [0.1, 0.15) is 43.0 Å². The summed E-state index contributed by atoms with van der Waals surface area (Å²) in [7, 11) is 0. The van der Waals surface area contributed by atoms with Crippen LogP contribution in [-0.2, 0) is 4.79 Å². The first kappa shape index (κ1) is 15.8. The van der Waals surface area contributed by atoms with E-state index < -0.39 is 11.4 Å². The molecule has 0 saturated carbocycles. The zero-order valence-corrected chi connectivity index (χ0v) is 12.8. The Morgan fingerprint density at radius 3 is 2.62 bits per heavy atom. The summed E-state index contributed by atoms with van der Waals surface area (Å²) in [5.41, 5.74) is -0.318. The number of carboxylic acid groups (broad SMARTS) is 1. The molecule has 1 fully saturated rings. The van der Waals surface area contributed by atoms with Gasteiger partial charge < -0.3 is 10.0 Å². The molecule has 5 nitrogen and oxygen atoms in total. The maximum atomic E-state index is 12.4. The molecule has 0 radical (unpaired) electrons. The molecule has 0 aliphatic carbocycles. The number of piperidine rings is 1. The molecule has 114 valence electrons. The van der Waals surface area contributed by atoms with Crippen molar-refractivity contribution in [2.45, 2.75) is 32.6 Å². The zero-order valence-electron chi connectivity index (χ0n) is 12.0. The highest BCUT2D eigenvalue weighted by Gasteiger charge is 2.41. The van der Waals surface area contributed by atoms with Crippen LogP contribution < -0.4 is 0 Å². The molecule has 1 amide bonds. The largest absolute Gasteiger partial charge is 0.481 e. The first-order chi connectivity index (χ1) is 10.00. The molecule has 0 spiro atoms. The zero-order chi connectivity index (χ0) is 15.5. The van der Waals surface area contributed by atoms with E-state index in [1.807, 2.05) is 6.92 Å². The highest BCUT2D eigenvalue weighted by molar-refractivity contribution is 6.33. The highest BCUT2D eigenvalue weighted by Crippen LogP contribution is 2.37. The minimum Gasteiger partial charge on any atom is -0.481 e. The molecule has 2 rings (SSSR count). The molecule has 1 N–H and O–H groups in total. The SMILES string of the molecule is CCCC1(C(=O)O)CCN(C(=O)c2cnccc2Cl)CC1. The maximum Gasteiger partial charge on any atom is 0.309 e. The number of hydrogen-bond donors (Lipinski definition) is 1. The van der Waals surface area contributed by atoms with Gasteiger partial charge in [-0.05, 0) is 25.3 Å². The summed E-state index contributed by atoms with van der Waals surface area (Å²) in [6, 6.07) is 1.58. The lowest BCUT2D eigenvalue weighted by Gasteiger charge is -2.38. The quantitative estimate of drug-likeness (QED) is 0.928. The van der Waals surface area contributed by atoms with Crippen molar-refractivity contribution in [1.82, 2.24) is 9.88 Å². The smallest absolute Gasteiger partial charge is 0.309 e. The molecule has 1 aliphatic heterocycles. The van der Waals surface area contributed by atoms with E-state index in [0.29, 0.717) is 42.9 Å². The molecule has 1 aliphatic rings. The average molecular weight is 311 g/mol. The van der Waals surface area contributed by atoms with Gasteiger partial charge in [-0.15, -0.1) is 0 Å². The molecule has 0 atom stereocenters. The number of aliphatic carboxylic acids is 1. The first-order valence-electron chi connectivity index (χ1n) is 7.12. The van der Waals surface area contributed by atoms with Crippen molar-refractivity contribution in [1.29, 1.82) is 0 Å². The lowest BCUT2D eigenvalue weighted by Crippen LogP contribution is -2.46. The van der Waals surface area contributed by atoms with Gasteiger partial charge in [-0.2, -0.15) is 0 Å². The van der Waals surface area contributed by atoms with Crippen LogP contribution in [0.4, 0.5) is 0 Å². The minimum absolute atomic E-state index is 0.177. The second-order valence-corrected chi connectivity index (χ2v) is 5.89. The standard InChI is InChI=1S/C15H19ClN2O3/c1-2-4-15(14(20)21)5-8-18(9-6-15)13(19)11-10-17-7-3-12(11)16/h3,7,10H,2,4-6,8-9H2,1H3,(H,20,21). The Bertz CT molecular complexity index is 539. The predicted molar refractivity (Wildman–Crippen MR) is 79.4 cm³/mol. The van der Waals surface area contributed by atoms with Gasteiger partial charge in [0.25, 0.3) is 5.91 Å². The molecular formula is C15H19ClN2O3. The van der Waals surface area contributed by atoms with Crippen LogP contribution >= 0.6 is 11.6 Å². The topological polar surface area (TPSA) is 70.5 Å². The molecule has 6 heteroatoms. The van der Waals surface area contributed by atoms with Crippen molar-refractivity contribution < 1.29 is 14.7 Å². The Balaban J connectivity index is 2.09. The second kappa shape index (κ2) is 6.43. The Morgan fingerprint density at radius 1 is 1.43 bits per heavy atom. The summed E-state index contributed by atoms with van der Waals surface area (Å²) < 4.78 is 0. The Labute approximate surface area is 128 Å². The molecular weight excluding hydrogens is 292 g/mol. The number of halogens is 1. The van der Waals surface area contributed by atoms with Crippen LogP contribution in [-0.4, -0.2) is 40.0 Å². The number of aromatic nitrogens is 1. The van der Waals surface area contributed by atoms with Crippen LogP contribution in [0.25, 0.3) is 0 Å². The number of carbonyl (C=O) groups is 2. The van der Waals surface area contributed by atoms with Gasteiger partial charge >= 0.3 is 5.97 Å². The maximum absolute atomic E-state index is 12.4. The van der Waals surface area contributed by atoms with Crippen molar-refractivity contribution in [2.75, 3.05) is 13.1 Å². The Hall–Kier alpha value is -1.62. The summed E-state index contributed by atoms with van der Waals surface area (Å²) in [5, 5.41) is 9.85. The van der Waals surface area contributed by atoms with Gasteiger partial charge in [-0.3, -0.25) is 14.6 Å². The summed E-state index contributed by atoms with van der Waals surface area (Å²) >= 11 is 6.01. The van der Waals surface area contributed by atoms with Gasteiger partial charge in [0.2, 0.25) is 0 Å². The molecule has 0 aromatic carbocycles. The number of nitrogens with zero attached hydrogens (tertiary/aromatic N) is 2.